The maximum atomic E-state index is 5.74. The molecular formula is C12H18N2O. The quantitative estimate of drug-likeness (QED) is 0.730. The molecule has 3 heteroatoms. The van der Waals surface area contributed by atoms with Crippen LogP contribution in [0.4, 0.5) is 11.4 Å². The van der Waals surface area contributed by atoms with Crippen molar-refractivity contribution < 1.29 is 4.74 Å². The largest absolute Gasteiger partial charge is 0.399 e. The van der Waals surface area contributed by atoms with E-state index in [1.54, 1.807) is 0 Å². The highest BCUT2D eigenvalue weighted by atomic mass is 16.5. The fraction of sp³-hybridized carbons (Fsp3) is 0.500. The van der Waals surface area contributed by atoms with Crippen LogP contribution >= 0.6 is 0 Å². The zero-order valence-corrected chi connectivity index (χ0v) is 9.12. The van der Waals surface area contributed by atoms with Crippen LogP contribution in [0.3, 0.4) is 0 Å². The molecule has 1 aliphatic heterocycles. The van der Waals surface area contributed by atoms with Crippen molar-refractivity contribution in [3.8, 4) is 0 Å². The van der Waals surface area contributed by atoms with Gasteiger partial charge in [0.05, 0.1) is 12.1 Å². The summed E-state index contributed by atoms with van der Waals surface area (Å²) >= 11 is 0. The van der Waals surface area contributed by atoms with Crippen LogP contribution in [0.15, 0.2) is 24.3 Å². The molecule has 0 spiro atoms. The molecule has 3 nitrogen and oxygen atoms in total. The summed E-state index contributed by atoms with van der Waals surface area (Å²) in [6.07, 6.45) is 2.26. The molecule has 1 unspecified atom stereocenters. The van der Waals surface area contributed by atoms with Crippen LogP contribution in [0.25, 0.3) is 0 Å². The fourth-order valence-electron chi connectivity index (χ4n) is 2.00. The first-order chi connectivity index (χ1) is 7.18. The van der Waals surface area contributed by atoms with Gasteiger partial charge in [0, 0.05) is 18.0 Å². The lowest BCUT2D eigenvalue weighted by Gasteiger charge is -2.35. The van der Waals surface area contributed by atoms with Crippen LogP contribution in [0.2, 0.25) is 0 Å². The van der Waals surface area contributed by atoms with Gasteiger partial charge < -0.3 is 15.8 Å². The summed E-state index contributed by atoms with van der Waals surface area (Å²) in [7, 11) is 0. The number of ether oxygens (including phenoxy) is 1. The van der Waals surface area contributed by atoms with E-state index in [4.69, 9.17) is 10.5 Å². The van der Waals surface area contributed by atoms with E-state index in [0.29, 0.717) is 0 Å². The molecule has 0 amide bonds. The lowest BCUT2D eigenvalue weighted by atomic mass is 9.94. The predicted octanol–water partition coefficient (Wildman–Crippen LogP) is 2.25. The van der Waals surface area contributed by atoms with E-state index in [0.717, 1.165) is 37.4 Å². The van der Waals surface area contributed by atoms with Crippen LogP contribution in [0.1, 0.15) is 19.8 Å². The molecule has 0 saturated carbocycles. The van der Waals surface area contributed by atoms with Gasteiger partial charge in [0.15, 0.2) is 0 Å². The van der Waals surface area contributed by atoms with E-state index in [-0.39, 0.29) is 5.54 Å². The summed E-state index contributed by atoms with van der Waals surface area (Å²) in [5.41, 5.74) is 7.65. The molecule has 1 aliphatic rings. The van der Waals surface area contributed by atoms with Crippen molar-refractivity contribution in [2.45, 2.75) is 25.3 Å². The summed E-state index contributed by atoms with van der Waals surface area (Å²) in [4.78, 5) is 0. The molecule has 0 aliphatic carbocycles. The first-order valence-electron chi connectivity index (χ1n) is 5.39. The van der Waals surface area contributed by atoms with E-state index in [9.17, 15) is 0 Å². The summed E-state index contributed by atoms with van der Waals surface area (Å²) in [6, 6.07) is 7.85. The second-order valence-electron chi connectivity index (χ2n) is 4.47. The maximum absolute atomic E-state index is 5.74. The minimum Gasteiger partial charge on any atom is -0.399 e. The monoisotopic (exact) mass is 206 g/mol. The van der Waals surface area contributed by atoms with Crippen molar-refractivity contribution >= 4 is 11.4 Å². The molecule has 82 valence electrons. The molecule has 1 saturated heterocycles. The Morgan fingerprint density at radius 2 is 2.33 bits per heavy atom. The van der Waals surface area contributed by atoms with Gasteiger partial charge in [-0.1, -0.05) is 6.07 Å². The van der Waals surface area contributed by atoms with Crippen LogP contribution in [-0.4, -0.2) is 18.8 Å². The van der Waals surface area contributed by atoms with Crippen molar-refractivity contribution in [2.75, 3.05) is 24.3 Å². The SMILES string of the molecule is CC1(Nc2cccc(N)c2)CCCOC1. The van der Waals surface area contributed by atoms with E-state index < -0.39 is 0 Å². The molecule has 1 atom stereocenters. The van der Waals surface area contributed by atoms with Gasteiger partial charge in [-0.15, -0.1) is 0 Å². The number of hydrogen-bond acceptors (Lipinski definition) is 3. The van der Waals surface area contributed by atoms with Crippen molar-refractivity contribution in [1.29, 1.82) is 0 Å². The number of nitrogen functional groups attached to an aromatic ring is 1. The Morgan fingerprint density at radius 1 is 1.47 bits per heavy atom. The Morgan fingerprint density at radius 3 is 3.00 bits per heavy atom. The number of nitrogens with one attached hydrogen (secondary N) is 1. The molecular weight excluding hydrogens is 188 g/mol. The highest BCUT2D eigenvalue weighted by Gasteiger charge is 2.27. The summed E-state index contributed by atoms with van der Waals surface area (Å²) in [6.45, 7) is 3.84. The third-order valence-corrected chi connectivity index (χ3v) is 2.77. The maximum Gasteiger partial charge on any atom is 0.0693 e. The molecule has 1 aromatic carbocycles. The fourth-order valence-corrected chi connectivity index (χ4v) is 2.00. The first kappa shape index (κ1) is 10.3. The van der Waals surface area contributed by atoms with Gasteiger partial charge in [-0.05, 0) is 38.0 Å². The lowest BCUT2D eigenvalue weighted by molar-refractivity contribution is 0.0540. The van der Waals surface area contributed by atoms with E-state index >= 15 is 0 Å². The van der Waals surface area contributed by atoms with Crippen LogP contribution in [0, 0.1) is 0 Å². The van der Waals surface area contributed by atoms with Crippen LogP contribution in [-0.2, 0) is 4.74 Å². The van der Waals surface area contributed by atoms with Gasteiger partial charge in [0.25, 0.3) is 0 Å². The molecule has 0 bridgehead atoms. The molecule has 2 rings (SSSR count). The van der Waals surface area contributed by atoms with Crippen molar-refractivity contribution in [3.63, 3.8) is 0 Å². The Hall–Kier alpha value is -1.22. The Kier molecular flexibility index (Phi) is 2.82. The van der Waals surface area contributed by atoms with E-state index in [2.05, 4.69) is 12.2 Å². The predicted molar refractivity (Wildman–Crippen MR) is 62.9 cm³/mol. The second-order valence-corrected chi connectivity index (χ2v) is 4.47. The van der Waals surface area contributed by atoms with Gasteiger partial charge in [-0.2, -0.15) is 0 Å². The average Bonchev–Trinajstić information content (AvgIpc) is 2.18. The first-order valence-corrected chi connectivity index (χ1v) is 5.39. The molecule has 1 aromatic rings. The minimum absolute atomic E-state index is 0.0477. The molecule has 0 aromatic heterocycles. The van der Waals surface area contributed by atoms with Gasteiger partial charge in [0.2, 0.25) is 0 Å². The van der Waals surface area contributed by atoms with E-state index in [1.165, 1.54) is 0 Å². The minimum atomic E-state index is 0.0477. The average molecular weight is 206 g/mol. The van der Waals surface area contributed by atoms with Crippen molar-refractivity contribution in [2.24, 2.45) is 0 Å². The Labute approximate surface area is 90.6 Å². The molecule has 1 fully saturated rings. The number of anilines is 2. The van der Waals surface area contributed by atoms with Crippen LogP contribution in [0.5, 0.6) is 0 Å². The number of hydrogen-bond donors (Lipinski definition) is 2. The standard InChI is InChI=1S/C12H18N2O/c1-12(6-3-7-15-9-12)14-11-5-2-4-10(13)8-11/h2,4-5,8,14H,3,6-7,9,13H2,1H3. The van der Waals surface area contributed by atoms with Gasteiger partial charge >= 0.3 is 0 Å². The highest BCUT2D eigenvalue weighted by Crippen LogP contribution is 2.24. The third-order valence-electron chi connectivity index (χ3n) is 2.77. The lowest BCUT2D eigenvalue weighted by Crippen LogP contribution is -2.43. The normalized spacial score (nSPS) is 26.2. The molecule has 0 radical (unpaired) electrons. The summed E-state index contributed by atoms with van der Waals surface area (Å²) in [5.74, 6) is 0. The van der Waals surface area contributed by atoms with Crippen molar-refractivity contribution in [3.05, 3.63) is 24.3 Å². The Bertz CT molecular complexity index is 332. The van der Waals surface area contributed by atoms with Crippen molar-refractivity contribution in [1.82, 2.24) is 0 Å². The van der Waals surface area contributed by atoms with Crippen LogP contribution < -0.4 is 11.1 Å². The zero-order chi connectivity index (χ0) is 10.7. The number of benzene rings is 1. The van der Waals surface area contributed by atoms with E-state index in [1.807, 2.05) is 24.3 Å². The van der Waals surface area contributed by atoms with Gasteiger partial charge in [-0.3, -0.25) is 0 Å². The topological polar surface area (TPSA) is 47.3 Å². The summed E-state index contributed by atoms with van der Waals surface area (Å²) < 4.78 is 5.49. The van der Waals surface area contributed by atoms with Gasteiger partial charge in [-0.25, -0.2) is 0 Å². The third kappa shape index (κ3) is 2.63. The number of nitrogens with two attached hydrogens (primary N) is 1. The number of rotatable bonds is 2. The highest BCUT2D eigenvalue weighted by molar-refractivity contribution is 5.55. The zero-order valence-electron chi connectivity index (χ0n) is 9.12. The smallest absolute Gasteiger partial charge is 0.0693 e. The summed E-state index contributed by atoms with van der Waals surface area (Å²) in [5, 5.41) is 3.49. The molecule has 15 heavy (non-hydrogen) atoms. The van der Waals surface area contributed by atoms with Gasteiger partial charge in [0.1, 0.15) is 0 Å². The Balaban J connectivity index is 2.06. The second kappa shape index (κ2) is 4.11. The molecule has 3 N–H and O–H groups in total. The molecule has 1 heterocycles.